The molecular weight excluding hydrogens is 362 g/mol. The normalized spacial score (nSPS) is 25.4. The number of amides is 1. The number of fused-ring (bicyclic) bond motifs is 1. The minimum Gasteiger partial charge on any atom is -0.351 e. The standard InChI is InChI=1S/C20H31N3O3S/c1-3-23(4-2)27(25,26)17-11-9-15(10-12-17)14-21-20(24)19-13-16-7-5-6-8-18(16)22-19/h9-12,16,18-19,22H,3-8,13-14H2,1-2H3,(H,21,24). The second-order valence-electron chi connectivity index (χ2n) is 7.56. The number of carbonyl (C=O) groups excluding carboxylic acids is 1. The summed E-state index contributed by atoms with van der Waals surface area (Å²) in [6.07, 6.45) is 5.86. The lowest BCUT2D eigenvalue weighted by Crippen LogP contribution is -2.42. The van der Waals surface area contributed by atoms with Gasteiger partial charge in [-0.15, -0.1) is 0 Å². The molecule has 2 fully saturated rings. The van der Waals surface area contributed by atoms with Gasteiger partial charge in [-0.25, -0.2) is 8.42 Å². The number of benzene rings is 1. The van der Waals surface area contributed by atoms with Crippen molar-refractivity contribution in [2.45, 2.75) is 69.5 Å². The Balaban J connectivity index is 1.55. The summed E-state index contributed by atoms with van der Waals surface area (Å²) in [6, 6.07) is 7.20. The van der Waals surface area contributed by atoms with Crippen LogP contribution < -0.4 is 10.6 Å². The molecule has 1 aromatic carbocycles. The van der Waals surface area contributed by atoms with E-state index in [0.29, 0.717) is 36.5 Å². The molecule has 2 aliphatic rings. The van der Waals surface area contributed by atoms with E-state index in [0.717, 1.165) is 12.0 Å². The van der Waals surface area contributed by atoms with Gasteiger partial charge in [0.05, 0.1) is 10.9 Å². The molecule has 1 aromatic rings. The molecule has 150 valence electrons. The lowest BCUT2D eigenvalue weighted by atomic mass is 9.85. The fourth-order valence-electron chi connectivity index (χ4n) is 4.33. The summed E-state index contributed by atoms with van der Waals surface area (Å²) in [5.41, 5.74) is 0.900. The smallest absolute Gasteiger partial charge is 0.243 e. The largest absolute Gasteiger partial charge is 0.351 e. The van der Waals surface area contributed by atoms with Crippen molar-refractivity contribution in [1.29, 1.82) is 0 Å². The number of nitrogens with one attached hydrogen (secondary N) is 2. The van der Waals surface area contributed by atoms with E-state index >= 15 is 0 Å². The summed E-state index contributed by atoms with van der Waals surface area (Å²) in [7, 11) is -3.44. The van der Waals surface area contributed by atoms with Crippen LogP contribution in [0.4, 0.5) is 0 Å². The highest BCUT2D eigenvalue weighted by Crippen LogP contribution is 2.33. The number of rotatable bonds is 7. The number of nitrogens with zero attached hydrogens (tertiary/aromatic N) is 1. The van der Waals surface area contributed by atoms with Crippen LogP contribution in [0.5, 0.6) is 0 Å². The van der Waals surface area contributed by atoms with Crippen molar-refractivity contribution in [3.8, 4) is 0 Å². The summed E-state index contributed by atoms with van der Waals surface area (Å²) < 4.78 is 26.5. The van der Waals surface area contributed by atoms with Gasteiger partial charge in [0.15, 0.2) is 0 Å². The van der Waals surface area contributed by atoms with E-state index in [1.54, 1.807) is 24.3 Å². The minimum atomic E-state index is -3.44. The summed E-state index contributed by atoms with van der Waals surface area (Å²) in [6.45, 7) is 4.98. The first-order chi connectivity index (χ1) is 13.0. The third-order valence-corrected chi connectivity index (χ3v) is 7.98. The van der Waals surface area contributed by atoms with Crippen LogP contribution >= 0.6 is 0 Å². The second kappa shape index (κ2) is 8.71. The maximum atomic E-state index is 12.5. The van der Waals surface area contributed by atoms with E-state index < -0.39 is 10.0 Å². The molecule has 1 saturated carbocycles. The zero-order chi connectivity index (χ0) is 19.4. The Kier molecular flexibility index (Phi) is 6.55. The highest BCUT2D eigenvalue weighted by Gasteiger charge is 2.38. The Bertz CT molecular complexity index is 730. The Morgan fingerprint density at radius 3 is 2.44 bits per heavy atom. The molecule has 7 heteroatoms. The maximum absolute atomic E-state index is 12.5. The van der Waals surface area contributed by atoms with E-state index in [1.165, 1.54) is 30.0 Å². The highest BCUT2D eigenvalue weighted by molar-refractivity contribution is 7.89. The molecule has 1 aliphatic carbocycles. The fourth-order valence-corrected chi connectivity index (χ4v) is 5.78. The monoisotopic (exact) mass is 393 g/mol. The van der Waals surface area contributed by atoms with Gasteiger partial charge in [0.2, 0.25) is 15.9 Å². The summed E-state index contributed by atoms with van der Waals surface area (Å²) >= 11 is 0. The Morgan fingerprint density at radius 2 is 1.81 bits per heavy atom. The zero-order valence-electron chi connectivity index (χ0n) is 16.3. The van der Waals surface area contributed by atoms with Crippen molar-refractivity contribution in [3.05, 3.63) is 29.8 Å². The van der Waals surface area contributed by atoms with Gasteiger partial charge in [-0.05, 0) is 42.9 Å². The molecule has 3 unspecified atom stereocenters. The van der Waals surface area contributed by atoms with Gasteiger partial charge in [-0.1, -0.05) is 38.8 Å². The molecule has 1 saturated heterocycles. The van der Waals surface area contributed by atoms with Crippen molar-refractivity contribution >= 4 is 15.9 Å². The molecule has 3 rings (SSSR count). The lowest BCUT2D eigenvalue weighted by molar-refractivity contribution is -0.123. The van der Waals surface area contributed by atoms with E-state index in [1.807, 2.05) is 13.8 Å². The molecule has 27 heavy (non-hydrogen) atoms. The van der Waals surface area contributed by atoms with Gasteiger partial charge in [-0.2, -0.15) is 4.31 Å². The van der Waals surface area contributed by atoms with Crippen molar-refractivity contribution in [3.63, 3.8) is 0 Å². The van der Waals surface area contributed by atoms with Gasteiger partial charge < -0.3 is 10.6 Å². The number of hydrogen-bond acceptors (Lipinski definition) is 4. The van der Waals surface area contributed by atoms with Crippen LogP contribution in [0.15, 0.2) is 29.2 Å². The SMILES string of the molecule is CCN(CC)S(=O)(=O)c1ccc(CNC(=O)C2CC3CCCCC3N2)cc1. The van der Waals surface area contributed by atoms with Gasteiger partial charge in [0.1, 0.15) is 0 Å². The van der Waals surface area contributed by atoms with Crippen LogP contribution in [0.3, 0.4) is 0 Å². The third kappa shape index (κ3) is 4.52. The van der Waals surface area contributed by atoms with Crippen LogP contribution in [0.2, 0.25) is 0 Å². The average Bonchev–Trinajstić information content (AvgIpc) is 3.11. The number of carbonyl (C=O) groups is 1. The molecule has 6 nitrogen and oxygen atoms in total. The molecule has 3 atom stereocenters. The van der Waals surface area contributed by atoms with Crippen LogP contribution in [-0.2, 0) is 21.4 Å². The number of hydrogen-bond donors (Lipinski definition) is 2. The van der Waals surface area contributed by atoms with E-state index in [2.05, 4.69) is 10.6 Å². The van der Waals surface area contributed by atoms with Gasteiger partial charge in [0, 0.05) is 25.7 Å². The van der Waals surface area contributed by atoms with Gasteiger partial charge >= 0.3 is 0 Å². The first-order valence-corrected chi connectivity index (χ1v) is 11.5. The molecule has 0 spiro atoms. The first kappa shape index (κ1) is 20.3. The number of sulfonamides is 1. The minimum absolute atomic E-state index is 0.0456. The van der Waals surface area contributed by atoms with Crippen molar-refractivity contribution < 1.29 is 13.2 Å². The lowest BCUT2D eigenvalue weighted by Gasteiger charge is -2.24. The molecule has 0 aromatic heterocycles. The predicted molar refractivity (Wildman–Crippen MR) is 106 cm³/mol. The molecule has 0 bridgehead atoms. The zero-order valence-corrected chi connectivity index (χ0v) is 17.1. The Hall–Kier alpha value is -1.44. The maximum Gasteiger partial charge on any atom is 0.243 e. The highest BCUT2D eigenvalue weighted by atomic mass is 32.2. The van der Waals surface area contributed by atoms with Gasteiger partial charge in [-0.3, -0.25) is 4.79 Å². The van der Waals surface area contributed by atoms with Crippen molar-refractivity contribution in [2.75, 3.05) is 13.1 Å². The van der Waals surface area contributed by atoms with Crippen LogP contribution in [-0.4, -0.2) is 43.8 Å². The molecule has 0 radical (unpaired) electrons. The summed E-state index contributed by atoms with van der Waals surface area (Å²) in [4.78, 5) is 12.8. The quantitative estimate of drug-likeness (QED) is 0.745. The van der Waals surface area contributed by atoms with E-state index in [4.69, 9.17) is 0 Å². The summed E-state index contributed by atoms with van der Waals surface area (Å²) in [5.74, 6) is 0.684. The van der Waals surface area contributed by atoms with E-state index in [-0.39, 0.29) is 11.9 Å². The van der Waals surface area contributed by atoms with Gasteiger partial charge in [0.25, 0.3) is 0 Å². The van der Waals surface area contributed by atoms with Crippen molar-refractivity contribution in [1.82, 2.24) is 14.9 Å². The second-order valence-corrected chi connectivity index (χ2v) is 9.50. The third-order valence-electron chi connectivity index (χ3n) is 5.91. The molecule has 1 heterocycles. The predicted octanol–water partition coefficient (Wildman–Crippen LogP) is 2.25. The fraction of sp³-hybridized carbons (Fsp3) is 0.650. The Morgan fingerprint density at radius 1 is 1.15 bits per heavy atom. The Labute approximate surface area is 162 Å². The molecular formula is C20H31N3O3S. The van der Waals surface area contributed by atoms with E-state index in [9.17, 15) is 13.2 Å². The average molecular weight is 394 g/mol. The van der Waals surface area contributed by atoms with Crippen LogP contribution in [0, 0.1) is 5.92 Å². The topological polar surface area (TPSA) is 78.5 Å². The molecule has 1 aliphatic heterocycles. The first-order valence-electron chi connectivity index (χ1n) is 10.1. The van der Waals surface area contributed by atoms with Crippen molar-refractivity contribution in [2.24, 2.45) is 5.92 Å². The molecule has 1 amide bonds. The molecule has 2 N–H and O–H groups in total. The van der Waals surface area contributed by atoms with Crippen LogP contribution in [0.25, 0.3) is 0 Å². The summed E-state index contributed by atoms with van der Waals surface area (Å²) in [5, 5.41) is 6.48. The van der Waals surface area contributed by atoms with Crippen LogP contribution in [0.1, 0.15) is 51.5 Å².